The van der Waals surface area contributed by atoms with Crippen LogP contribution in [0.25, 0.3) is 16.8 Å². The molecule has 0 unspecified atom stereocenters. The van der Waals surface area contributed by atoms with E-state index >= 15 is 0 Å². The van der Waals surface area contributed by atoms with E-state index in [4.69, 9.17) is 16.7 Å². The Bertz CT molecular complexity index is 821. The quantitative estimate of drug-likeness (QED) is 0.751. The molecule has 0 fully saturated rings. The molecule has 0 amide bonds. The Morgan fingerprint density at radius 3 is 3.00 bits per heavy atom. The highest BCUT2D eigenvalue weighted by Gasteiger charge is 2.17. The van der Waals surface area contributed by atoms with Crippen LogP contribution < -0.4 is 0 Å². The van der Waals surface area contributed by atoms with Crippen molar-refractivity contribution in [3.63, 3.8) is 0 Å². The van der Waals surface area contributed by atoms with Gasteiger partial charge in [0.1, 0.15) is 10.1 Å². The number of carboxylic acids is 1. The lowest BCUT2D eigenvalue weighted by Crippen LogP contribution is -2.01. The Morgan fingerprint density at radius 1 is 1.58 bits per heavy atom. The molecule has 0 radical (unpaired) electrons. The summed E-state index contributed by atoms with van der Waals surface area (Å²) in [6.45, 7) is 1.95. The number of aromatic amines is 1. The van der Waals surface area contributed by atoms with Crippen LogP contribution in [-0.2, 0) is 11.2 Å². The van der Waals surface area contributed by atoms with Crippen LogP contribution in [0, 0.1) is 6.92 Å². The Kier molecular flexibility index (Phi) is 2.79. The van der Waals surface area contributed by atoms with Crippen molar-refractivity contribution in [2.24, 2.45) is 0 Å². The molecule has 0 bridgehead atoms. The van der Waals surface area contributed by atoms with Crippen LogP contribution in [0.15, 0.2) is 16.7 Å². The van der Waals surface area contributed by atoms with Gasteiger partial charge in [0.15, 0.2) is 0 Å². The molecule has 0 saturated heterocycles. The number of hydrogen-bond donors (Lipinski definition) is 2. The second-order valence-corrected chi connectivity index (χ2v) is 5.51. The zero-order valence-corrected chi connectivity index (χ0v) is 12.2. The van der Waals surface area contributed by atoms with Crippen LogP contribution in [0.1, 0.15) is 11.3 Å². The smallest absolute Gasteiger partial charge is 0.309 e. The van der Waals surface area contributed by atoms with E-state index in [0.717, 1.165) is 11.1 Å². The van der Waals surface area contributed by atoms with E-state index in [2.05, 4.69) is 25.9 Å². The molecule has 0 saturated carbocycles. The molecular formula is C12H9BrClN3O2. The number of carboxylic acid groups (broad SMARTS) is 1. The number of nitrogens with one attached hydrogen (secondary N) is 1. The van der Waals surface area contributed by atoms with Crippen LogP contribution in [0.5, 0.6) is 0 Å². The van der Waals surface area contributed by atoms with E-state index in [1.165, 1.54) is 0 Å². The molecule has 0 aliphatic rings. The van der Waals surface area contributed by atoms with Gasteiger partial charge in [-0.25, -0.2) is 4.98 Å². The van der Waals surface area contributed by atoms with E-state index in [1.54, 1.807) is 0 Å². The van der Waals surface area contributed by atoms with Crippen LogP contribution in [-0.4, -0.2) is 25.4 Å². The van der Waals surface area contributed by atoms with Gasteiger partial charge in [0, 0.05) is 0 Å². The van der Waals surface area contributed by atoms with E-state index in [9.17, 15) is 4.79 Å². The van der Waals surface area contributed by atoms with Crippen molar-refractivity contribution in [3.8, 4) is 0 Å². The molecule has 2 N–H and O–H groups in total. The van der Waals surface area contributed by atoms with Crippen molar-refractivity contribution in [1.29, 1.82) is 0 Å². The fraction of sp³-hybridized carbons (Fsp3) is 0.167. The largest absolute Gasteiger partial charge is 0.481 e. The molecule has 0 spiro atoms. The number of hydrogen-bond acceptors (Lipinski definition) is 2. The van der Waals surface area contributed by atoms with E-state index in [0.29, 0.717) is 26.6 Å². The standard InChI is InChI=1S/C12H9BrClN3O2/c1-5-2-6(14)10-8(3-5)17-11(13)7(4-9(18)19)15-12(17)16-10/h2-3H,4H2,1H3,(H,15,16)(H,18,19). The number of rotatable bonds is 2. The van der Waals surface area contributed by atoms with Gasteiger partial charge in [-0.1, -0.05) is 11.6 Å². The highest BCUT2D eigenvalue weighted by Crippen LogP contribution is 2.30. The zero-order chi connectivity index (χ0) is 13.7. The maximum absolute atomic E-state index is 10.8. The number of imidazole rings is 2. The number of aryl methyl sites for hydroxylation is 1. The number of aliphatic carboxylic acids is 1. The lowest BCUT2D eigenvalue weighted by molar-refractivity contribution is -0.136. The van der Waals surface area contributed by atoms with Gasteiger partial charge in [-0.15, -0.1) is 0 Å². The van der Waals surface area contributed by atoms with E-state index in [1.807, 2.05) is 23.5 Å². The van der Waals surface area contributed by atoms with E-state index in [-0.39, 0.29) is 6.42 Å². The minimum absolute atomic E-state index is 0.0923. The number of fused-ring (bicyclic) bond motifs is 3. The average Bonchev–Trinajstić information content (AvgIpc) is 2.78. The van der Waals surface area contributed by atoms with Gasteiger partial charge in [-0.3, -0.25) is 9.20 Å². The van der Waals surface area contributed by atoms with Crippen LogP contribution >= 0.6 is 27.5 Å². The predicted octanol–water partition coefficient (Wildman–Crippen LogP) is 3.17. The molecule has 3 aromatic rings. The van der Waals surface area contributed by atoms with Gasteiger partial charge < -0.3 is 10.1 Å². The fourth-order valence-electron chi connectivity index (χ4n) is 2.14. The summed E-state index contributed by atoms with van der Waals surface area (Å²) in [6.07, 6.45) is -0.0923. The van der Waals surface area contributed by atoms with Crippen molar-refractivity contribution in [1.82, 2.24) is 14.4 Å². The van der Waals surface area contributed by atoms with Crippen LogP contribution in [0.4, 0.5) is 0 Å². The highest BCUT2D eigenvalue weighted by atomic mass is 79.9. The summed E-state index contributed by atoms with van der Waals surface area (Å²) in [6, 6.07) is 3.81. The van der Waals surface area contributed by atoms with Gasteiger partial charge in [0.2, 0.25) is 5.78 Å². The van der Waals surface area contributed by atoms with Crippen LogP contribution in [0.3, 0.4) is 0 Å². The fourth-order valence-corrected chi connectivity index (χ4v) is 3.05. The molecular weight excluding hydrogens is 334 g/mol. The molecule has 0 aliphatic carbocycles. The molecule has 98 valence electrons. The first-order valence-electron chi connectivity index (χ1n) is 5.54. The van der Waals surface area contributed by atoms with Gasteiger partial charge >= 0.3 is 5.97 Å². The Hall–Kier alpha value is -1.53. The maximum Gasteiger partial charge on any atom is 0.309 e. The minimum Gasteiger partial charge on any atom is -0.481 e. The summed E-state index contributed by atoms with van der Waals surface area (Å²) in [5, 5.41) is 9.45. The lowest BCUT2D eigenvalue weighted by Gasteiger charge is -1.99. The Labute approximate surface area is 121 Å². The second kappa shape index (κ2) is 4.25. The Morgan fingerprint density at radius 2 is 2.32 bits per heavy atom. The van der Waals surface area contributed by atoms with Crippen molar-refractivity contribution in [3.05, 3.63) is 33.0 Å². The summed E-state index contributed by atoms with van der Waals surface area (Å²) < 4.78 is 2.49. The third kappa shape index (κ3) is 1.91. The summed E-state index contributed by atoms with van der Waals surface area (Å²) in [7, 11) is 0. The highest BCUT2D eigenvalue weighted by molar-refractivity contribution is 9.10. The van der Waals surface area contributed by atoms with Crippen molar-refractivity contribution in [2.45, 2.75) is 13.3 Å². The van der Waals surface area contributed by atoms with Crippen molar-refractivity contribution < 1.29 is 9.90 Å². The number of H-pyrrole nitrogens is 1. The topological polar surface area (TPSA) is 70.4 Å². The average molecular weight is 343 g/mol. The van der Waals surface area contributed by atoms with Crippen molar-refractivity contribution in [2.75, 3.05) is 0 Å². The van der Waals surface area contributed by atoms with Gasteiger partial charge in [-0.2, -0.15) is 0 Å². The second-order valence-electron chi connectivity index (χ2n) is 4.35. The number of nitrogens with zero attached hydrogens (tertiary/aromatic N) is 2. The van der Waals surface area contributed by atoms with E-state index < -0.39 is 5.97 Å². The third-order valence-corrected chi connectivity index (χ3v) is 4.02. The molecule has 5 nitrogen and oxygen atoms in total. The Balaban J connectivity index is 2.35. The SMILES string of the molecule is Cc1cc(Cl)c2nc3[nH]c(CC(=O)O)c(Br)n3c2c1. The maximum atomic E-state index is 10.8. The predicted molar refractivity (Wildman–Crippen MR) is 75.8 cm³/mol. The number of benzene rings is 1. The molecule has 0 atom stereocenters. The lowest BCUT2D eigenvalue weighted by atomic mass is 10.2. The van der Waals surface area contributed by atoms with Crippen molar-refractivity contribution >= 4 is 50.3 Å². The van der Waals surface area contributed by atoms with Gasteiger partial charge in [0.05, 0.1) is 22.7 Å². The molecule has 0 aliphatic heterocycles. The summed E-state index contributed by atoms with van der Waals surface area (Å²) >= 11 is 9.58. The molecule has 3 rings (SSSR count). The molecule has 19 heavy (non-hydrogen) atoms. The molecule has 2 heterocycles. The van der Waals surface area contributed by atoms with Gasteiger partial charge in [0.25, 0.3) is 0 Å². The summed E-state index contributed by atoms with van der Waals surface area (Å²) in [4.78, 5) is 18.2. The van der Waals surface area contributed by atoms with Crippen LogP contribution in [0.2, 0.25) is 5.02 Å². The number of carbonyl (C=O) groups is 1. The first-order chi connectivity index (χ1) is 8.97. The minimum atomic E-state index is -0.899. The molecule has 2 aromatic heterocycles. The number of aromatic nitrogens is 3. The van der Waals surface area contributed by atoms with Gasteiger partial charge in [-0.05, 0) is 40.5 Å². The summed E-state index contributed by atoms with van der Waals surface area (Å²) in [5.74, 6) is -0.325. The third-order valence-electron chi connectivity index (χ3n) is 2.89. The zero-order valence-electron chi connectivity index (χ0n) is 9.87. The summed E-state index contributed by atoms with van der Waals surface area (Å²) in [5.41, 5.74) is 3.14. The monoisotopic (exact) mass is 341 g/mol. The molecule has 7 heteroatoms. The first-order valence-corrected chi connectivity index (χ1v) is 6.71. The normalized spacial score (nSPS) is 11.5. The molecule has 1 aromatic carbocycles. The number of halogens is 2. The first kappa shape index (κ1) is 12.5.